The number of halogens is 1. The smallest absolute Gasteiger partial charge is 0.410 e. The Balaban J connectivity index is 2.59. The predicted octanol–water partition coefficient (Wildman–Crippen LogP) is 1.68. The summed E-state index contributed by atoms with van der Waals surface area (Å²) in [6.45, 7) is 5.97. The van der Waals surface area contributed by atoms with Crippen LogP contribution < -0.4 is 5.73 Å². The van der Waals surface area contributed by atoms with Crippen LogP contribution in [-0.4, -0.2) is 41.9 Å². The topological polar surface area (TPSA) is 55.6 Å². The molecule has 0 aromatic rings. The lowest BCUT2D eigenvalue weighted by Gasteiger charge is -2.28. The van der Waals surface area contributed by atoms with Gasteiger partial charge < -0.3 is 15.4 Å². The molecule has 0 aliphatic carbocycles. The number of nitrogens with two attached hydrogens (primary N) is 1. The Kier molecular flexibility index (Phi) is 4.13. The molecule has 94 valence electrons. The van der Waals surface area contributed by atoms with E-state index < -0.39 is 17.9 Å². The minimum Gasteiger partial charge on any atom is -0.444 e. The fourth-order valence-corrected chi connectivity index (χ4v) is 1.87. The Morgan fingerprint density at radius 2 is 2.19 bits per heavy atom. The Morgan fingerprint density at radius 3 is 2.69 bits per heavy atom. The van der Waals surface area contributed by atoms with Crippen LogP contribution in [0.15, 0.2) is 0 Å². The maximum atomic E-state index is 13.3. The normalized spacial score (nSPS) is 25.9. The van der Waals surface area contributed by atoms with Gasteiger partial charge in [-0.2, -0.15) is 0 Å². The van der Waals surface area contributed by atoms with Crippen LogP contribution in [0, 0.1) is 0 Å². The van der Waals surface area contributed by atoms with E-state index in [1.54, 1.807) is 20.8 Å². The molecule has 2 N–H and O–H groups in total. The molecule has 0 spiro atoms. The number of carbonyl (C=O) groups excluding carboxylic acids is 1. The van der Waals surface area contributed by atoms with Gasteiger partial charge in [0.15, 0.2) is 0 Å². The standard InChI is InChI=1S/C11H21FN2O2/c1-11(2,3)16-10(15)14-7-8(12)6-9(14)4-5-13/h8-9H,4-7,13H2,1-3H3/t8-,9-/m1/s1. The lowest BCUT2D eigenvalue weighted by Crippen LogP contribution is -2.40. The molecule has 1 heterocycles. The van der Waals surface area contributed by atoms with Crippen LogP contribution in [-0.2, 0) is 4.74 Å². The van der Waals surface area contributed by atoms with E-state index in [1.807, 2.05) is 0 Å². The zero-order valence-electron chi connectivity index (χ0n) is 10.2. The van der Waals surface area contributed by atoms with Crippen LogP contribution in [0.25, 0.3) is 0 Å². The van der Waals surface area contributed by atoms with Crippen molar-refractivity contribution in [2.24, 2.45) is 5.73 Å². The van der Waals surface area contributed by atoms with Crippen LogP contribution in [0.5, 0.6) is 0 Å². The third-order valence-electron chi connectivity index (χ3n) is 2.49. The number of ether oxygens (including phenoxy) is 1. The summed E-state index contributed by atoms with van der Waals surface area (Å²) in [7, 11) is 0. The highest BCUT2D eigenvalue weighted by Crippen LogP contribution is 2.24. The molecule has 1 aliphatic rings. The van der Waals surface area contributed by atoms with Crippen LogP contribution in [0.1, 0.15) is 33.6 Å². The van der Waals surface area contributed by atoms with Crippen molar-refractivity contribution in [3.05, 3.63) is 0 Å². The molecule has 0 unspecified atom stereocenters. The third kappa shape index (κ3) is 3.63. The first-order valence-electron chi connectivity index (χ1n) is 5.67. The van der Waals surface area contributed by atoms with E-state index in [4.69, 9.17) is 10.5 Å². The molecule has 0 saturated carbocycles. The molecule has 0 aromatic carbocycles. The molecular weight excluding hydrogens is 211 g/mol. The van der Waals surface area contributed by atoms with Gasteiger partial charge in [0, 0.05) is 12.5 Å². The van der Waals surface area contributed by atoms with Crippen LogP contribution in [0.4, 0.5) is 9.18 Å². The zero-order valence-corrected chi connectivity index (χ0v) is 10.2. The highest BCUT2D eigenvalue weighted by atomic mass is 19.1. The van der Waals surface area contributed by atoms with Gasteiger partial charge in [-0.15, -0.1) is 0 Å². The highest BCUT2D eigenvalue weighted by Gasteiger charge is 2.36. The van der Waals surface area contributed by atoms with Gasteiger partial charge in [0.05, 0.1) is 6.54 Å². The summed E-state index contributed by atoms with van der Waals surface area (Å²) in [6, 6.07) is -0.116. The first-order valence-corrected chi connectivity index (χ1v) is 5.67. The molecule has 16 heavy (non-hydrogen) atoms. The number of hydrogen-bond donors (Lipinski definition) is 1. The molecule has 1 rings (SSSR count). The Hall–Kier alpha value is -0.840. The SMILES string of the molecule is CC(C)(C)OC(=O)N1C[C@H](F)C[C@H]1CCN. The number of rotatable bonds is 2. The van der Waals surface area contributed by atoms with Crippen LogP contribution in [0.3, 0.4) is 0 Å². The van der Waals surface area contributed by atoms with E-state index in [0.29, 0.717) is 19.4 Å². The van der Waals surface area contributed by atoms with Gasteiger partial charge in [0.25, 0.3) is 0 Å². The molecule has 4 nitrogen and oxygen atoms in total. The highest BCUT2D eigenvalue weighted by molar-refractivity contribution is 5.69. The van der Waals surface area contributed by atoms with Crippen molar-refractivity contribution in [2.75, 3.05) is 13.1 Å². The summed E-state index contributed by atoms with van der Waals surface area (Å²) in [5, 5.41) is 0. The second-order valence-corrected chi connectivity index (χ2v) is 5.20. The maximum Gasteiger partial charge on any atom is 0.410 e. The van der Waals surface area contributed by atoms with Gasteiger partial charge in [0.2, 0.25) is 0 Å². The Bertz CT molecular complexity index is 253. The summed E-state index contributed by atoms with van der Waals surface area (Å²) in [5.74, 6) is 0. The second kappa shape index (κ2) is 4.99. The van der Waals surface area contributed by atoms with E-state index in [9.17, 15) is 9.18 Å². The molecule has 0 bridgehead atoms. The van der Waals surface area contributed by atoms with Gasteiger partial charge >= 0.3 is 6.09 Å². The average molecular weight is 232 g/mol. The summed E-state index contributed by atoms with van der Waals surface area (Å²) >= 11 is 0. The number of hydrogen-bond acceptors (Lipinski definition) is 3. The zero-order chi connectivity index (χ0) is 12.3. The van der Waals surface area contributed by atoms with Gasteiger partial charge in [-0.25, -0.2) is 9.18 Å². The van der Waals surface area contributed by atoms with Crippen molar-refractivity contribution in [1.29, 1.82) is 0 Å². The lowest BCUT2D eigenvalue weighted by molar-refractivity contribution is 0.0214. The average Bonchev–Trinajstić information content (AvgIpc) is 2.44. The van der Waals surface area contributed by atoms with E-state index in [0.717, 1.165) is 0 Å². The first-order chi connectivity index (χ1) is 7.33. The molecule has 5 heteroatoms. The predicted molar refractivity (Wildman–Crippen MR) is 59.9 cm³/mol. The molecular formula is C11H21FN2O2. The Labute approximate surface area is 95.9 Å². The number of likely N-dealkylation sites (tertiary alicyclic amines) is 1. The molecule has 1 aliphatic heterocycles. The van der Waals surface area contributed by atoms with Gasteiger partial charge in [0.1, 0.15) is 11.8 Å². The molecule has 2 atom stereocenters. The van der Waals surface area contributed by atoms with E-state index in [1.165, 1.54) is 4.90 Å². The molecule has 0 aromatic heterocycles. The second-order valence-electron chi connectivity index (χ2n) is 5.20. The van der Waals surface area contributed by atoms with Crippen LogP contribution in [0.2, 0.25) is 0 Å². The fraction of sp³-hybridized carbons (Fsp3) is 0.909. The number of amides is 1. The van der Waals surface area contributed by atoms with Crippen molar-refractivity contribution in [3.63, 3.8) is 0 Å². The fourth-order valence-electron chi connectivity index (χ4n) is 1.87. The molecule has 1 saturated heterocycles. The monoisotopic (exact) mass is 232 g/mol. The summed E-state index contributed by atoms with van der Waals surface area (Å²) in [6.07, 6.45) is -0.397. The quantitative estimate of drug-likeness (QED) is 0.788. The Morgan fingerprint density at radius 1 is 1.56 bits per heavy atom. The van der Waals surface area contributed by atoms with Gasteiger partial charge in [-0.1, -0.05) is 0 Å². The summed E-state index contributed by atoms with van der Waals surface area (Å²) < 4.78 is 18.5. The van der Waals surface area contributed by atoms with Crippen molar-refractivity contribution in [2.45, 2.75) is 51.4 Å². The minimum absolute atomic E-state index is 0.116. The van der Waals surface area contributed by atoms with Crippen molar-refractivity contribution >= 4 is 6.09 Å². The number of carbonyl (C=O) groups is 1. The molecule has 0 radical (unpaired) electrons. The maximum absolute atomic E-state index is 13.3. The van der Waals surface area contributed by atoms with E-state index in [-0.39, 0.29) is 12.6 Å². The summed E-state index contributed by atoms with van der Waals surface area (Å²) in [4.78, 5) is 13.2. The van der Waals surface area contributed by atoms with Gasteiger partial charge in [-0.3, -0.25) is 0 Å². The van der Waals surface area contributed by atoms with E-state index >= 15 is 0 Å². The third-order valence-corrected chi connectivity index (χ3v) is 2.49. The lowest BCUT2D eigenvalue weighted by atomic mass is 10.1. The minimum atomic E-state index is -0.955. The first kappa shape index (κ1) is 13.2. The van der Waals surface area contributed by atoms with Crippen molar-refractivity contribution < 1.29 is 13.9 Å². The largest absolute Gasteiger partial charge is 0.444 e. The molecule has 1 amide bonds. The van der Waals surface area contributed by atoms with Crippen LogP contribution >= 0.6 is 0 Å². The van der Waals surface area contributed by atoms with Crippen molar-refractivity contribution in [3.8, 4) is 0 Å². The summed E-state index contributed by atoms with van der Waals surface area (Å²) in [5.41, 5.74) is 4.90. The number of nitrogens with zero attached hydrogens (tertiary/aromatic N) is 1. The van der Waals surface area contributed by atoms with Crippen molar-refractivity contribution in [1.82, 2.24) is 4.90 Å². The number of alkyl halides is 1. The van der Waals surface area contributed by atoms with E-state index in [2.05, 4.69) is 0 Å². The van der Waals surface area contributed by atoms with Gasteiger partial charge in [-0.05, 0) is 33.7 Å². The molecule has 1 fully saturated rings.